The quantitative estimate of drug-likeness (QED) is 0.634. The molecule has 2 heteroatoms. The molecule has 2 rings (SSSR count). The Hall–Kier alpha value is -0.530. The molecule has 3 atom stereocenters. The lowest BCUT2D eigenvalue weighted by Crippen LogP contribution is -2.30. The van der Waals surface area contributed by atoms with Crippen LogP contribution in [-0.2, 0) is 4.79 Å². The van der Waals surface area contributed by atoms with E-state index in [0.717, 1.165) is 24.7 Å². The van der Waals surface area contributed by atoms with Gasteiger partial charge in [0, 0.05) is 5.92 Å². The van der Waals surface area contributed by atoms with Crippen LogP contribution in [0, 0.1) is 17.8 Å². The fraction of sp³-hybridized carbons (Fsp3) is 0.900. The van der Waals surface area contributed by atoms with E-state index in [-0.39, 0.29) is 11.8 Å². The van der Waals surface area contributed by atoms with Crippen molar-refractivity contribution in [2.45, 2.75) is 38.5 Å². The first-order valence-corrected chi connectivity index (χ1v) is 5.06. The van der Waals surface area contributed by atoms with Gasteiger partial charge in [-0.3, -0.25) is 4.79 Å². The third kappa shape index (κ3) is 1.35. The van der Waals surface area contributed by atoms with E-state index >= 15 is 0 Å². The molecule has 68 valence electrons. The van der Waals surface area contributed by atoms with Crippen molar-refractivity contribution in [3.05, 3.63) is 0 Å². The van der Waals surface area contributed by atoms with Gasteiger partial charge in [-0.15, -0.1) is 0 Å². The lowest BCUT2D eigenvalue weighted by atomic mass is 9.76. The number of amides is 1. The molecule has 0 spiro atoms. The summed E-state index contributed by atoms with van der Waals surface area (Å²) in [5.41, 5.74) is 5.31. The van der Waals surface area contributed by atoms with E-state index in [9.17, 15) is 4.79 Å². The maximum atomic E-state index is 11.0. The zero-order chi connectivity index (χ0) is 8.55. The zero-order valence-electron chi connectivity index (χ0n) is 7.46. The van der Waals surface area contributed by atoms with Crippen LogP contribution in [0.4, 0.5) is 0 Å². The van der Waals surface area contributed by atoms with E-state index in [4.69, 9.17) is 5.73 Å². The van der Waals surface area contributed by atoms with Crippen molar-refractivity contribution in [3.63, 3.8) is 0 Å². The van der Waals surface area contributed by atoms with Crippen LogP contribution in [0.5, 0.6) is 0 Å². The van der Waals surface area contributed by atoms with Crippen LogP contribution in [0.15, 0.2) is 0 Å². The van der Waals surface area contributed by atoms with Gasteiger partial charge in [-0.1, -0.05) is 19.3 Å². The van der Waals surface area contributed by atoms with E-state index in [1.165, 1.54) is 25.7 Å². The Kier molecular flexibility index (Phi) is 2.07. The molecule has 12 heavy (non-hydrogen) atoms. The summed E-state index contributed by atoms with van der Waals surface area (Å²) < 4.78 is 0. The highest BCUT2D eigenvalue weighted by Crippen LogP contribution is 2.43. The third-order valence-corrected chi connectivity index (χ3v) is 3.69. The number of carbonyl (C=O) groups is 1. The number of carbonyl (C=O) groups excluding carboxylic acids is 1. The zero-order valence-corrected chi connectivity index (χ0v) is 7.46. The second-order valence-corrected chi connectivity index (χ2v) is 4.36. The predicted molar refractivity (Wildman–Crippen MR) is 47.4 cm³/mol. The standard InChI is InChI=1S/C10H17NO/c11-10(12)9-5-4-7-2-1-3-8(7)6-9/h7-9H,1-6H2,(H2,11,12)/t7-,8-,9-/m0/s1. The van der Waals surface area contributed by atoms with Crippen LogP contribution < -0.4 is 5.73 Å². The highest BCUT2D eigenvalue weighted by molar-refractivity contribution is 5.76. The normalized spacial score (nSPS) is 40.8. The van der Waals surface area contributed by atoms with Gasteiger partial charge in [0.1, 0.15) is 0 Å². The molecule has 0 heterocycles. The van der Waals surface area contributed by atoms with Crippen molar-refractivity contribution >= 4 is 5.91 Å². The Morgan fingerprint density at radius 3 is 2.58 bits per heavy atom. The monoisotopic (exact) mass is 167 g/mol. The average molecular weight is 167 g/mol. The molecule has 2 N–H and O–H groups in total. The SMILES string of the molecule is NC(=O)[C@H]1CC[C@@H]2CCC[C@H]2C1. The summed E-state index contributed by atoms with van der Waals surface area (Å²) in [6, 6.07) is 0. The summed E-state index contributed by atoms with van der Waals surface area (Å²) in [5.74, 6) is 1.89. The number of rotatable bonds is 1. The summed E-state index contributed by atoms with van der Waals surface area (Å²) in [7, 11) is 0. The van der Waals surface area contributed by atoms with Gasteiger partial charge in [-0.05, 0) is 31.1 Å². The highest BCUT2D eigenvalue weighted by Gasteiger charge is 2.35. The van der Waals surface area contributed by atoms with Crippen molar-refractivity contribution in [1.82, 2.24) is 0 Å². The molecule has 0 aromatic rings. The van der Waals surface area contributed by atoms with E-state index in [2.05, 4.69) is 0 Å². The fourth-order valence-electron chi connectivity index (χ4n) is 2.96. The smallest absolute Gasteiger partial charge is 0.220 e. The molecular weight excluding hydrogens is 150 g/mol. The molecule has 0 radical (unpaired) electrons. The summed E-state index contributed by atoms with van der Waals surface area (Å²) in [6.45, 7) is 0. The van der Waals surface area contributed by atoms with Crippen molar-refractivity contribution in [2.75, 3.05) is 0 Å². The van der Waals surface area contributed by atoms with Gasteiger partial charge in [0.05, 0.1) is 0 Å². The molecule has 0 saturated heterocycles. The summed E-state index contributed by atoms with van der Waals surface area (Å²) in [5, 5.41) is 0. The molecule has 2 aliphatic rings. The second-order valence-electron chi connectivity index (χ2n) is 4.36. The molecule has 0 unspecified atom stereocenters. The molecule has 2 nitrogen and oxygen atoms in total. The Morgan fingerprint density at radius 1 is 1.08 bits per heavy atom. The lowest BCUT2D eigenvalue weighted by Gasteiger charge is -2.29. The molecular formula is C10H17NO. The number of hydrogen-bond donors (Lipinski definition) is 1. The Balaban J connectivity index is 1.96. The topological polar surface area (TPSA) is 43.1 Å². The number of hydrogen-bond acceptors (Lipinski definition) is 1. The Labute approximate surface area is 73.5 Å². The van der Waals surface area contributed by atoms with Gasteiger partial charge in [0.15, 0.2) is 0 Å². The largest absolute Gasteiger partial charge is 0.369 e. The van der Waals surface area contributed by atoms with E-state index in [0.29, 0.717) is 0 Å². The minimum Gasteiger partial charge on any atom is -0.369 e. The second kappa shape index (κ2) is 3.08. The van der Waals surface area contributed by atoms with Gasteiger partial charge in [-0.25, -0.2) is 0 Å². The Bertz CT molecular complexity index is 190. The lowest BCUT2D eigenvalue weighted by molar-refractivity contribution is -0.123. The van der Waals surface area contributed by atoms with Gasteiger partial charge in [0.25, 0.3) is 0 Å². The predicted octanol–water partition coefficient (Wildman–Crippen LogP) is 1.69. The molecule has 0 aliphatic heterocycles. The fourth-order valence-corrected chi connectivity index (χ4v) is 2.96. The number of fused-ring (bicyclic) bond motifs is 1. The molecule has 2 aliphatic carbocycles. The van der Waals surface area contributed by atoms with Gasteiger partial charge < -0.3 is 5.73 Å². The third-order valence-electron chi connectivity index (χ3n) is 3.69. The van der Waals surface area contributed by atoms with Crippen molar-refractivity contribution < 1.29 is 4.79 Å². The van der Waals surface area contributed by atoms with E-state index < -0.39 is 0 Å². The first-order valence-electron chi connectivity index (χ1n) is 5.06. The van der Waals surface area contributed by atoms with Crippen LogP contribution in [0.25, 0.3) is 0 Å². The molecule has 2 fully saturated rings. The van der Waals surface area contributed by atoms with Gasteiger partial charge in [-0.2, -0.15) is 0 Å². The number of primary amides is 1. The first-order chi connectivity index (χ1) is 5.77. The van der Waals surface area contributed by atoms with Crippen LogP contribution >= 0.6 is 0 Å². The van der Waals surface area contributed by atoms with Crippen LogP contribution in [-0.4, -0.2) is 5.91 Å². The minimum atomic E-state index is -0.0691. The first kappa shape index (κ1) is 8.09. The van der Waals surface area contributed by atoms with Crippen molar-refractivity contribution in [1.29, 1.82) is 0 Å². The number of nitrogens with two attached hydrogens (primary N) is 1. The van der Waals surface area contributed by atoms with Crippen LogP contribution in [0.3, 0.4) is 0 Å². The van der Waals surface area contributed by atoms with Crippen LogP contribution in [0.1, 0.15) is 38.5 Å². The average Bonchev–Trinajstić information content (AvgIpc) is 2.49. The summed E-state index contributed by atoms with van der Waals surface area (Å²) in [6.07, 6.45) is 7.50. The minimum absolute atomic E-state index is 0.0691. The van der Waals surface area contributed by atoms with Crippen molar-refractivity contribution in [3.8, 4) is 0 Å². The summed E-state index contributed by atoms with van der Waals surface area (Å²) >= 11 is 0. The molecule has 1 amide bonds. The molecule has 0 aromatic carbocycles. The Morgan fingerprint density at radius 2 is 1.83 bits per heavy atom. The molecule has 0 bridgehead atoms. The van der Waals surface area contributed by atoms with Crippen LogP contribution in [0.2, 0.25) is 0 Å². The maximum Gasteiger partial charge on any atom is 0.220 e. The molecule has 2 saturated carbocycles. The maximum absolute atomic E-state index is 11.0. The van der Waals surface area contributed by atoms with Crippen molar-refractivity contribution in [2.24, 2.45) is 23.5 Å². The molecule has 0 aromatic heterocycles. The van der Waals surface area contributed by atoms with E-state index in [1.54, 1.807) is 0 Å². The van der Waals surface area contributed by atoms with Gasteiger partial charge in [0.2, 0.25) is 5.91 Å². The van der Waals surface area contributed by atoms with E-state index in [1.807, 2.05) is 0 Å². The van der Waals surface area contributed by atoms with Gasteiger partial charge >= 0.3 is 0 Å². The highest BCUT2D eigenvalue weighted by atomic mass is 16.1. The summed E-state index contributed by atoms with van der Waals surface area (Å²) in [4.78, 5) is 11.0.